The van der Waals surface area contributed by atoms with E-state index in [0.29, 0.717) is 9.13 Å². The molecule has 0 bridgehead atoms. The number of nitrogens with two attached hydrogens (primary N) is 2. The summed E-state index contributed by atoms with van der Waals surface area (Å²) in [4.78, 5) is 26.3. The first-order chi connectivity index (χ1) is 16.6. The summed E-state index contributed by atoms with van der Waals surface area (Å²) >= 11 is 0. The second-order valence-corrected chi connectivity index (χ2v) is 8.09. The molecule has 4 heterocycles. The van der Waals surface area contributed by atoms with E-state index in [9.17, 15) is 40.2 Å². The van der Waals surface area contributed by atoms with Crippen LogP contribution in [0.15, 0.2) is 34.1 Å². The van der Waals surface area contributed by atoms with E-state index >= 15 is 0 Å². The SMILES string of the molecule is Cl.Nc1ccn([C@@H]2O[C@H](CO)[C@@H](O)[C@H]2O)c(=O)[n+]1[C-2][n+]1c(N)ccn([C@@H]2O[C@H](CO)[C@@H](O)[C@H]2O)c1=O. The van der Waals surface area contributed by atoms with Gasteiger partial charge in [0.25, 0.3) is 5.69 Å². The van der Waals surface area contributed by atoms with Crippen LogP contribution >= 0.6 is 12.4 Å². The van der Waals surface area contributed by atoms with Crippen molar-refractivity contribution in [1.29, 1.82) is 0 Å². The summed E-state index contributed by atoms with van der Waals surface area (Å²) in [6.45, 7) is 1.22. The third-order valence-electron chi connectivity index (χ3n) is 5.94. The van der Waals surface area contributed by atoms with Gasteiger partial charge in [-0.05, 0) is 12.3 Å². The maximum Gasteiger partial charge on any atom is 0.373 e. The van der Waals surface area contributed by atoms with Crippen molar-refractivity contribution in [2.24, 2.45) is 0 Å². The number of aliphatic hydroxyl groups excluding tert-OH is 6. The molecule has 2 aromatic heterocycles. The van der Waals surface area contributed by atoms with E-state index in [4.69, 9.17) is 20.9 Å². The lowest BCUT2D eigenvalue weighted by Crippen LogP contribution is -2.68. The number of aliphatic hydroxyl groups is 6. The van der Waals surface area contributed by atoms with Crippen LogP contribution < -0.4 is 32.0 Å². The van der Waals surface area contributed by atoms with Gasteiger partial charge in [-0.2, -0.15) is 0 Å². The van der Waals surface area contributed by atoms with Gasteiger partial charge in [-0.3, -0.25) is 9.36 Å². The molecule has 2 fully saturated rings. The maximum absolute atomic E-state index is 13.1. The number of ether oxygens (including phenoxy) is 2. The van der Waals surface area contributed by atoms with Gasteiger partial charge < -0.3 is 65.5 Å². The zero-order valence-electron chi connectivity index (χ0n) is 18.5. The van der Waals surface area contributed by atoms with Crippen molar-refractivity contribution in [2.45, 2.75) is 49.1 Å². The lowest BCUT2D eigenvalue weighted by molar-refractivity contribution is -0.828. The van der Waals surface area contributed by atoms with Gasteiger partial charge in [0.05, 0.1) is 25.2 Å². The Kier molecular flexibility index (Phi) is 8.23. The second kappa shape index (κ2) is 10.7. The predicted molar refractivity (Wildman–Crippen MR) is 118 cm³/mol. The molecular weight excluding hydrogens is 508 g/mol. The number of rotatable bonds is 6. The summed E-state index contributed by atoms with van der Waals surface area (Å²) in [5, 5.41) is 59.1. The van der Waals surface area contributed by atoms with Crippen LogP contribution in [-0.2, 0) is 9.47 Å². The molecule has 4 rings (SSSR count). The third-order valence-corrected chi connectivity index (χ3v) is 5.94. The fourth-order valence-corrected chi connectivity index (χ4v) is 3.95. The molecule has 17 heteroatoms. The first-order valence-corrected chi connectivity index (χ1v) is 10.5. The Hall–Kier alpha value is -2.80. The summed E-state index contributed by atoms with van der Waals surface area (Å²) in [5.74, 6) is -0.375. The van der Waals surface area contributed by atoms with E-state index in [1.54, 1.807) is 0 Å². The van der Waals surface area contributed by atoms with Crippen molar-refractivity contribution >= 4 is 24.0 Å². The fourth-order valence-electron chi connectivity index (χ4n) is 3.95. The van der Waals surface area contributed by atoms with Gasteiger partial charge >= 0.3 is 5.69 Å². The number of hydrogen-bond donors (Lipinski definition) is 8. The number of anilines is 2. The van der Waals surface area contributed by atoms with Crippen LogP contribution in [0.4, 0.5) is 11.6 Å². The average molecular weight is 535 g/mol. The first-order valence-electron chi connectivity index (χ1n) is 10.5. The Labute approximate surface area is 208 Å². The van der Waals surface area contributed by atoms with Crippen LogP contribution in [0.25, 0.3) is 0 Å². The second-order valence-electron chi connectivity index (χ2n) is 8.09. The van der Waals surface area contributed by atoms with Crippen LogP contribution in [0.2, 0.25) is 0 Å². The predicted octanol–water partition coefficient (Wildman–Crippen LogP) is -6.21. The Morgan fingerprint density at radius 3 is 1.44 bits per heavy atom. The van der Waals surface area contributed by atoms with Crippen molar-refractivity contribution in [2.75, 3.05) is 24.7 Å². The summed E-state index contributed by atoms with van der Waals surface area (Å²) in [6.07, 6.45) is -8.68. The lowest BCUT2D eigenvalue weighted by atomic mass is 10.1. The number of nitrogen functional groups attached to an aromatic ring is 2. The molecule has 0 spiro atoms. The van der Waals surface area contributed by atoms with Crippen LogP contribution in [0.1, 0.15) is 12.5 Å². The molecule has 36 heavy (non-hydrogen) atoms. The van der Waals surface area contributed by atoms with Crippen molar-refractivity contribution < 1.29 is 49.2 Å². The maximum atomic E-state index is 13.1. The molecule has 0 aromatic carbocycles. The minimum atomic E-state index is -1.56. The molecule has 10 N–H and O–H groups in total. The van der Waals surface area contributed by atoms with Crippen LogP contribution in [0.3, 0.4) is 0 Å². The van der Waals surface area contributed by atoms with Gasteiger partial charge in [-0.15, -0.1) is 12.4 Å². The smallest absolute Gasteiger partial charge is 0.373 e. The molecule has 2 aliphatic heterocycles. The van der Waals surface area contributed by atoms with E-state index in [1.807, 2.05) is 0 Å². The summed E-state index contributed by atoms with van der Waals surface area (Å²) < 4.78 is 13.9. The van der Waals surface area contributed by atoms with E-state index in [0.717, 1.165) is 9.13 Å². The van der Waals surface area contributed by atoms with Gasteiger partial charge in [0.15, 0.2) is 18.7 Å². The number of nitrogens with zero attached hydrogens (tertiary/aromatic N) is 4. The minimum absolute atomic E-state index is 0. The largest absolute Gasteiger partial charge is 0.428 e. The Morgan fingerprint density at radius 2 is 1.14 bits per heavy atom. The highest BCUT2D eigenvalue weighted by molar-refractivity contribution is 5.85. The van der Waals surface area contributed by atoms with Crippen molar-refractivity contribution in [1.82, 2.24) is 9.13 Å². The van der Waals surface area contributed by atoms with Gasteiger partial charge in [-0.1, -0.05) is 6.07 Å². The molecule has 2 saturated heterocycles. The van der Waals surface area contributed by atoms with Crippen molar-refractivity contribution in [3.63, 3.8) is 0 Å². The molecular formula is C19H27ClN6O10. The molecule has 8 atom stereocenters. The molecule has 0 amide bonds. The number of aromatic nitrogens is 4. The van der Waals surface area contributed by atoms with Crippen LogP contribution in [0.5, 0.6) is 0 Å². The van der Waals surface area contributed by atoms with Crippen molar-refractivity contribution in [3.8, 4) is 0 Å². The standard InChI is InChI=1S/C19H26N6O10.ClH/c20-10-1-3-22(16-14(30)12(28)8(5-26)34-16)18(32)24(10)7-25-11(21)2-4-23(19(25)33)17-15(31)13(29)9(6-27)35-17;/h1-4,8-9,12-17,26-31H,5-6,20-21H2;1H/t8-,9-,12-,13-,14-,15-,16-,17-;/m1./s1. The Bertz CT molecular complexity index is 1120. The van der Waals surface area contributed by atoms with Gasteiger partial charge in [0.1, 0.15) is 36.6 Å². The average Bonchev–Trinajstić information content (AvgIpc) is 3.28. The number of halogens is 1. The fraction of sp³-hybridized carbons (Fsp3) is 0.526. The summed E-state index contributed by atoms with van der Waals surface area (Å²) in [6, 6.07) is 2.49. The highest BCUT2D eigenvalue weighted by atomic mass is 35.5. The normalized spacial score (nSPS) is 31.8. The lowest BCUT2D eigenvalue weighted by Gasteiger charge is -2.24. The Morgan fingerprint density at radius 1 is 0.778 bits per heavy atom. The zero-order chi connectivity index (χ0) is 25.6. The molecule has 0 saturated carbocycles. The molecule has 200 valence electrons. The first kappa shape index (κ1) is 27.8. The quantitative estimate of drug-likeness (QED) is 0.161. The van der Waals surface area contributed by atoms with Gasteiger partial charge in [0.2, 0.25) is 6.23 Å². The topological polar surface area (TPSA) is 244 Å². The zero-order valence-corrected chi connectivity index (χ0v) is 19.3. The van der Waals surface area contributed by atoms with Crippen LogP contribution in [-0.4, -0.2) is 89.6 Å². The minimum Gasteiger partial charge on any atom is -0.428 e. The van der Waals surface area contributed by atoms with Gasteiger partial charge in [-0.25, -0.2) is 4.57 Å². The number of hydrogen-bond acceptors (Lipinski definition) is 12. The highest BCUT2D eigenvalue weighted by Gasteiger charge is 2.46. The van der Waals surface area contributed by atoms with Crippen LogP contribution in [0, 0.1) is 6.67 Å². The molecule has 16 nitrogen and oxygen atoms in total. The third kappa shape index (κ3) is 4.54. The van der Waals surface area contributed by atoms with E-state index in [1.165, 1.54) is 24.5 Å². The highest BCUT2D eigenvalue weighted by Crippen LogP contribution is 2.29. The van der Waals surface area contributed by atoms with E-state index in [-0.39, 0.29) is 24.0 Å². The molecule has 2 aliphatic rings. The molecule has 0 unspecified atom stereocenters. The summed E-state index contributed by atoms with van der Waals surface area (Å²) in [5.41, 5.74) is 9.92. The Balaban J connectivity index is 0.00000361. The van der Waals surface area contributed by atoms with Gasteiger partial charge in [0, 0.05) is 0 Å². The monoisotopic (exact) mass is 534 g/mol. The molecule has 0 aliphatic carbocycles. The van der Waals surface area contributed by atoms with Crippen molar-refractivity contribution in [3.05, 3.63) is 52.2 Å². The summed E-state index contributed by atoms with van der Waals surface area (Å²) in [7, 11) is 0. The van der Waals surface area contributed by atoms with E-state index in [2.05, 4.69) is 6.67 Å². The van der Waals surface area contributed by atoms with E-state index < -0.39 is 73.7 Å². The molecule has 0 radical (unpaired) electrons. The molecule has 2 aromatic rings.